The van der Waals surface area contributed by atoms with Crippen LogP contribution in [0.3, 0.4) is 0 Å². The number of carboxylic acids is 1. The van der Waals surface area contributed by atoms with Gasteiger partial charge in [-0.1, -0.05) is 18.2 Å². The summed E-state index contributed by atoms with van der Waals surface area (Å²) in [7, 11) is 0. The summed E-state index contributed by atoms with van der Waals surface area (Å²) in [6, 6.07) is 6.35. The zero-order valence-electron chi connectivity index (χ0n) is 11.1. The molecule has 1 aromatic carbocycles. The van der Waals surface area contributed by atoms with Crippen molar-refractivity contribution in [2.24, 2.45) is 5.92 Å². The number of carboxylic acid groups (broad SMARTS) is 1. The molecule has 0 radical (unpaired) electrons. The molecule has 1 fully saturated rings. The van der Waals surface area contributed by atoms with Gasteiger partial charge in [0.25, 0.3) is 0 Å². The van der Waals surface area contributed by atoms with Crippen molar-refractivity contribution < 1.29 is 9.90 Å². The molecule has 1 aliphatic heterocycles. The molecule has 3 nitrogen and oxygen atoms in total. The second-order valence-corrected chi connectivity index (χ2v) is 5.27. The Balaban J connectivity index is 2.05. The van der Waals surface area contributed by atoms with Gasteiger partial charge in [0.05, 0.1) is 5.92 Å². The number of nitrogens with zero attached hydrogens (tertiary/aromatic N) is 1. The molecule has 0 unspecified atom stereocenters. The molecule has 1 saturated heterocycles. The van der Waals surface area contributed by atoms with Crippen LogP contribution in [0, 0.1) is 19.8 Å². The predicted octanol–water partition coefficient (Wildman–Crippen LogP) is 2.60. The average molecular weight is 247 g/mol. The molecule has 0 aliphatic carbocycles. The van der Waals surface area contributed by atoms with E-state index in [1.807, 2.05) is 0 Å². The maximum atomic E-state index is 11.0. The molecule has 1 aliphatic rings. The Bertz CT molecular complexity index is 442. The Morgan fingerprint density at radius 1 is 1.44 bits per heavy atom. The van der Waals surface area contributed by atoms with Gasteiger partial charge >= 0.3 is 5.97 Å². The third-order valence-electron chi connectivity index (χ3n) is 3.97. The van der Waals surface area contributed by atoms with Gasteiger partial charge in [-0.25, -0.2) is 0 Å². The first kappa shape index (κ1) is 13.1. The molecule has 1 heterocycles. The van der Waals surface area contributed by atoms with E-state index < -0.39 is 5.97 Å². The molecule has 3 heteroatoms. The minimum atomic E-state index is -0.652. The largest absolute Gasteiger partial charge is 0.481 e. The number of aliphatic carboxylic acids is 1. The first-order valence-corrected chi connectivity index (χ1v) is 6.58. The molecule has 18 heavy (non-hydrogen) atoms. The average Bonchev–Trinajstić information content (AvgIpc) is 2.35. The Labute approximate surface area is 108 Å². The van der Waals surface area contributed by atoms with Crippen molar-refractivity contribution in [1.29, 1.82) is 0 Å². The smallest absolute Gasteiger partial charge is 0.307 e. The molecular formula is C15H21NO2. The highest BCUT2D eigenvalue weighted by Gasteiger charge is 2.25. The van der Waals surface area contributed by atoms with Crippen molar-refractivity contribution >= 4 is 5.97 Å². The maximum absolute atomic E-state index is 11.0. The number of likely N-dealkylation sites (tertiary alicyclic amines) is 1. The standard InChI is InChI=1S/C15H21NO2/c1-11-5-3-6-13(12(11)2)9-16-8-4-7-14(10-16)15(17)18/h3,5-6,14H,4,7-10H2,1-2H3,(H,17,18)/t14-/m1/s1. The van der Waals surface area contributed by atoms with Crippen LogP contribution in [0.1, 0.15) is 29.5 Å². The first-order valence-electron chi connectivity index (χ1n) is 6.58. The van der Waals surface area contributed by atoms with Gasteiger partial charge in [-0.2, -0.15) is 0 Å². The van der Waals surface area contributed by atoms with E-state index in [4.69, 9.17) is 5.11 Å². The first-order chi connectivity index (χ1) is 8.58. The molecule has 0 amide bonds. The normalized spacial score (nSPS) is 20.9. The van der Waals surface area contributed by atoms with Crippen LogP contribution in [0.25, 0.3) is 0 Å². The van der Waals surface area contributed by atoms with Crippen LogP contribution >= 0.6 is 0 Å². The van der Waals surface area contributed by atoms with E-state index in [0.29, 0.717) is 6.54 Å². The highest BCUT2D eigenvalue weighted by atomic mass is 16.4. The van der Waals surface area contributed by atoms with Crippen LogP contribution in [-0.4, -0.2) is 29.1 Å². The lowest BCUT2D eigenvalue weighted by atomic mass is 9.96. The van der Waals surface area contributed by atoms with Gasteiger partial charge in [0.1, 0.15) is 0 Å². The van der Waals surface area contributed by atoms with E-state index in [1.165, 1.54) is 16.7 Å². The highest BCUT2D eigenvalue weighted by Crippen LogP contribution is 2.21. The molecule has 1 N–H and O–H groups in total. The minimum Gasteiger partial charge on any atom is -0.481 e. The maximum Gasteiger partial charge on any atom is 0.307 e. The van der Waals surface area contributed by atoms with E-state index in [0.717, 1.165) is 25.9 Å². The fraction of sp³-hybridized carbons (Fsp3) is 0.533. The zero-order valence-corrected chi connectivity index (χ0v) is 11.1. The third kappa shape index (κ3) is 2.91. The van der Waals surface area contributed by atoms with Crippen LogP contribution in [0.4, 0.5) is 0 Å². The number of hydrogen-bond donors (Lipinski definition) is 1. The van der Waals surface area contributed by atoms with Gasteiger partial charge in [0, 0.05) is 13.1 Å². The van der Waals surface area contributed by atoms with Crippen molar-refractivity contribution in [1.82, 2.24) is 4.90 Å². The van der Waals surface area contributed by atoms with E-state index in [-0.39, 0.29) is 5.92 Å². The quantitative estimate of drug-likeness (QED) is 0.892. The van der Waals surface area contributed by atoms with Crippen molar-refractivity contribution in [2.75, 3.05) is 13.1 Å². The van der Waals surface area contributed by atoms with E-state index in [2.05, 4.69) is 36.9 Å². The fourth-order valence-electron chi connectivity index (χ4n) is 2.62. The summed E-state index contributed by atoms with van der Waals surface area (Å²) < 4.78 is 0. The summed E-state index contributed by atoms with van der Waals surface area (Å²) in [5.41, 5.74) is 3.95. The van der Waals surface area contributed by atoms with Gasteiger partial charge in [-0.3, -0.25) is 9.69 Å². The second kappa shape index (κ2) is 5.53. The molecule has 0 spiro atoms. The summed E-state index contributed by atoms with van der Waals surface area (Å²) in [5.74, 6) is -0.843. The summed E-state index contributed by atoms with van der Waals surface area (Å²) in [6.45, 7) is 6.83. The third-order valence-corrected chi connectivity index (χ3v) is 3.97. The molecule has 2 rings (SSSR count). The number of piperidine rings is 1. The van der Waals surface area contributed by atoms with Gasteiger partial charge < -0.3 is 5.11 Å². The molecular weight excluding hydrogens is 226 g/mol. The Hall–Kier alpha value is -1.35. The zero-order chi connectivity index (χ0) is 13.1. The lowest BCUT2D eigenvalue weighted by Crippen LogP contribution is -2.38. The molecule has 1 aromatic rings. The molecule has 98 valence electrons. The lowest BCUT2D eigenvalue weighted by molar-refractivity contribution is -0.143. The topological polar surface area (TPSA) is 40.5 Å². The van der Waals surface area contributed by atoms with Crippen molar-refractivity contribution in [3.63, 3.8) is 0 Å². The van der Waals surface area contributed by atoms with Crippen LogP contribution in [0.15, 0.2) is 18.2 Å². The number of aryl methyl sites for hydroxylation is 1. The summed E-state index contributed by atoms with van der Waals surface area (Å²) in [4.78, 5) is 13.3. The summed E-state index contributed by atoms with van der Waals surface area (Å²) in [5, 5.41) is 9.09. The van der Waals surface area contributed by atoms with Crippen LogP contribution in [0.2, 0.25) is 0 Å². The second-order valence-electron chi connectivity index (χ2n) is 5.27. The van der Waals surface area contributed by atoms with Crippen LogP contribution in [0.5, 0.6) is 0 Å². The Morgan fingerprint density at radius 3 is 2.94 bits per heavy atom. The number of rotatable bonds is 3. The van der Waals surface area contributed by atoms with Gasteiger partial charge in [0.2, 0.25) is 0 Å². The van der Waals surface area contributed by atoms with Crippen LogP contribution in [-0.2, 0) is 11.3 Å². The fourth-order valence-corrected chi connectivity index (χ4v) is 2.62. The van der Waals surface area contributed by atoms with Crippen LogP contribution < -0.4 is 0 Å². The summed E-state index contributed by atoms with van der Waals surface area (Å²) >= 11 is 0. The van der Waals surface area contributed by atoms with E-state index >= 15 is 0 Å². The minimum absolute atomic E-state index is 0.191. The molecule has 0 saturated carbocycles. The molecule has 1 atom stereocenters. The highest BCUT2D eigenvalue weighted by molar-refractivity contribution is 5.70. The van der Waals surface area contributed by atoms with Gasteiger partial charge in [0.15, 0.2) is 0 Å². The van der Waals surface area contributed by atoms with E-state index in [9.17, 15) is 4.79 Å². The molecule has 0 aromatic heterocycles. The van der Waals surface area contributed by atoms with Crippen molar-refractivity contribution in [3.8, 4) is 0 Å². The van der Waals surface area contributed by atoms with E-state index in [1.54, 1.807) is 0 Å². The van der Waals surface area contributed by atoms with Crippen molar-refractivity contribution in [2.45, 2.75) is 33.2 Å². The number of carbonyl (C=O) groups is 1. The monoisotopic (exact) mass is 247 g/mol. The summed E-state index contributed by atoms with van der Waals surface area (Å²) in [6.07, 6.45) is 1.81. The lowest BCUT2D eigenvalue weighted by Gasteiger charge is -2.31. The van der Waals surface area contributed by atoms with Crippen molar-refractivity contribution in [3.05, 3.63) is 34.9 Å². The predicted molar refractivity (Wildman–Crippen MR) is 71.6 cm³/mol. The molecule has 0 bridgehead atoms. The SMILES string of the molecule is Cc1cccc(CN2CCC[C@@H](C(=O)O)C2)c1C. The van der Waals surface area contributed by atoms with Gasteiger partial charge in [-0.05, 0) is 49.9 Å². The Morgan fingerprint density at radius 2 is 2.22 bits per heavy atom. The number of hydrogen-bond acceptors (Lipinski definition) is 2. The number of benzene rings is 1. The van der Waals surface area contributed by atoms with Gasteiger partial charge in [-0.15, -0.1) is 0 Å². The Kier molecular flexibility index (Phi) is 4.02.